The van der Waals surface area contributed by atoms with Gasteiger partial charge in [0.1, 0.15) is 0 Å². The molecule has 0 rings (SSSR count). The van der Waals surface area contributed by atoms with Crippen LogP contribution in [0.15, 0.2) is 0 Å². The second-order valence-corrected chi connectivity index (χ2v) is 2.41. The highest BCUT2D eigenvalue weighted by atomic mass is 16.3. The lowest BCUT2D eigenvalue weighted by Crippen LogP contribution is -2.46. The first-order valence-electron chi connectivity index (χ1n) is 3.28. The average molecular weight is 158 g/mol. The topological polar surface area (TPSA) is 120 Å². The van der Waals surface area contributed by atoms with Crippen molar-refractivity contribution >= 4 is 11.4 Å². The Labute approximate surface area is 65.4 Å². The highest BCUT2D eigenvalue weighted by Crippen LogP contribution is 1.89. The van der Waals surface area contributed by atoms with E-state index < -0.39 is 18.7 Å². The predicted octanol–water partition coefficient (Wildman–Crippen LogP) is -1.31. The standard InChI is InChI=1S/C6H14N4O/c1-3(7)5(9)6(10)4(8)2-11/h3,6,8-9,11H,2,7,10H2,1H3. The summed E-state index contributed by atoms with van der Waals surface area (Å²) >= 11 is 0. The van der Waals surface area contributed by atoms with E-state index >= 15 is 0 Å². The summed E-state index contributed by atoms with van der Waals surface area (Å²) in [5.41, 5.74) is 10.7. The Morgan fingerprint density at radius 3 is 2.18 bits per heavy atom. The highest BCUT2D eigenvalue weighted by molar-refractivity contribution is 6.10. The van der Waals surface area contributed by atoms with Crippen LogP contribution in [0.5, 0.6) is 0 Å². The fourth-order valence-corrected chi connectivity index (χ4v) is 0.569. The van der Waals surface area contributed by atoms with E-state index in [9.17, 15) is 0 Å². The molecule has 0 aliphatic rings. The Hall–Kier alpha value is -0.780. The van der Waals surface area contributed by atoms with E-state index in [4.69, 9.17) is 27.4 Å². The van der Waals surface area contributed by atoms with Crippen molar-refractivity contribution in [3.63, 3.8) is 0 Å². The smallest absolute Gasteiger partial charge is 0.0846 e. The fraction of sp³-hybridized carbons (Fsp3) is 0.667. The van der Waals surface area contributed by atoms with Crippen molar-refractivity contribution in [2.75, 3.05) is 6.61 Å². The van der Waals surface area contributed by atoms with Crippen LogP contribution in [0.25, 0.3) is 0 Å². The van der Waals surface area contributed by atoms with Crippen LogP contribution in [0.1, 0.15) is 6.92 Å². The summed E-state index contributed by atoms with van der Waals surface area (Å²) in [5, 5.41) is 22.9. The molecule has 5 nitrogen and oxygen atoms in total. The Bertz CT molecular complexity index is 166. The predicted molar refractivity (Wildman–Crippen MR) is 44.2 cm³/mol. The molecule has 0 fully saturated rings. The van der Waals surface area contributed by atoms with Crippen LogP contribution in [0, 0.1) is 10.8 Å². The maximum Gasteiger partial charge on any atom is 0.0846 e. The van der Waals surface area contributed by atoms with Crippen LogP contribution in [-0.4, -0.2) is 35.2 Å². The SMILES string of the molecule is CC(N)C(=N)C(N)C(=N)CO. The Balaban J connectivity index is 4.13. The summed E-state index contributed by atoms with van der Waals surface area (Å²) in [6.45, 7) is 1.20. The van der Waals surface area contributed by atoms with Gasteiger partial charge < -0.3 is 27.4 Å². The quantitative estimate of drug-likeness (QED) is 0.327. The molecular formula is C6H14N4O. The molecule has 0 saturated heterocycles. The van der Waals surface area contributed by atoms with Crippen LogP contribution in [0.4, 0.5) is 0 Å². The minimum atomic E-state index is -0.833. The Kier molecular flexibility index (Phi) is 3.88. The molecule has 11 heavy (non-hydrogen) atoms. The van der Waals surface area contributed by atoms with E-state index in [1.54, 1.807) is 6.92 Å². The molecule has 2 unspecified atom stereocenters. The molecule has 0 bridgehead atoms. The normalized spacial score (nSPS) is 15.6. The molecule has 5 heteroatoms. The minimum Gasteiger partial charge on any atom is -0.390 e. The van der Waals surface area contributed by atoms with Crippen molar-refractivity contribution < 1.29 is 5.11 Å². The van der Waals surface area contributed by atoms with E-state index in [0.29, 0.717) is 0 Å². The second-order valence-electron chi connectivity index (χ2n) is 2.41. The number of rotatable bonds is 4. The van der Waals surface area contributed by atoms with Crippen molar-refractivity contribution in [3.8, 4) is 0 Å². The van der Waals surface area contributed by atoms with E-state index in [1.807, 2.05) is 0 Å². The summed E-state index contributed by atoms with van der Waals surface area (Å²) in [4.78, 5) is 0. The van der Waals surface area contributed by atoms with Gasteiger partial charge in [0, 0.05) is 11.8 Å². The Morgan fingerprint density at radius 2 is 1.91 bits per heavy atom. The summed E-state index contributed by atoms with van der Waals surface area (Å²) < 4.78 is 0. The van der Waals surface area contributed by atoms with E-state index in [-0.39, 0.29) is 11.4 Å². The van der Waals surface area contributed by atoms with Crippen molar-refractivity contribution in [3.05, 3.63) is 0 Å². The molecule has 0 aromatic carbocycles. The molecule has 0 spiro atoms. The lowest BCUT2D eigenvalue weighted by atomic mass is 10.0. The molecule has 7 N–H and O–H groups in total. The van der Waals surface area contributed by atoms with Gasteiger partial charge in [-0.05, 0) is 6.92 Å². The van der Waals surface area contributed by atoms with Gasteiger partial charge in [0.2, 0.25) is 0 Å². The lowest BCUT2D eigenvalue weighted by molar-refractivity contribution is 0.354. The molecule has 0 saturated carbocycles. The van der Waals surface area contributed by atoms with E-state index in [0.717, 1.165) is 0 Å². The zero-order chi connectivity index (χ0) is 9.02. The Morgan fingerprint density at radius 1 is 1.45 bits per heavy atom. The third-order valence-corrected chi connectivity index (χ3v) is 1.37. The first-order chi connectivity index (χ1) is 5.00. The minimum absolute atomic E-state index is 0.0732. The van der Waals surface area contributed by atoms with Crippen molar-refractivity contribution in [1.82, 2.24) is 0 Å². The number of aliphatic hydroxyl groups excluding tert-OH is 1. The first-order valence-corrected chi connectivity index (χ1v) is 3.28. The third kappa shape index (κ3) is 2.75. The number of nitrogens with one attached hydrogen (secondary N) is 2. The van der Waals surface area contributed by atoms with Gasteiger partial charge in [-0.25, -0.2) is 0 Å². The summed E-state index contributed by atoms with van der Waals surface area (Å²) in [5.74, 6) is 0. The van der Waals surface area contributed by atoms with Crippen LogP contribution >= 0.6 is 0 Å². The van der Waals surface area contributed by atoms with Gasteiger partial charge >= 0.3 is 0 Å². The van der Waals surface area contributed by atoms with Crippen molar-refractivity contribution in [2.45, 2.75) is 19.0 Å². The maximum atomic E-state index is 8.49. The summed E-state index contributed by atoms with van der Waals surface area (Å²) in [6.07, 6.45) is 0. The molecular weight excluding hydrogens is 144 g/mol. The summed E-state index contributed by atoms with van der Waals surface area (Å²) in [6, 6.07) is -1.29. The van der Waals surface area contributed by atoms with Crippen LogP contribution in [-0.2, 0) is 0 Å². The molecule has 0 heterocycles. The lowest BCUT2D eigenvalue weighted by Gasteiger charge is -2.15. The summed E-state index contributed by atoms with van der Waals surface area (Å²) in [7, 11) is 0. The molecule has 0 amide bonds. The molecule has 0 aromatic rings. The number of aliphatic hydroxyl groups is 1. The fourth-order valence-electron chi connectivity index (χ4n) is 0.569. The average Bonchev–Trinajstić information content (AvgIpc) is 2.00. The zero-order valence-electron chi connectivity index (χ0n) is 6.46. The van der Waals surface area contributed by atoms with Gasteiger partial charge in [-0.3, -0.25) is 0 Å². The molecule has 2 atom stereocenters. The number of nitrogens with two attached hydrogens (primary N) is 2. The number of hydrogen-bond acceptors (Lipinski definition) is 5. The largest absolute Gasteiger partial charge is 0.390 e. The van der Waals surface area contributed by atoms with Crippen LogP contribution in [0.3, 0.4) is 0 Å². The monoisotopic (exact) mass is 158 g/mol. The van der Waals surface area contributed by atoms with Gasteiger partial charge in [-0.2, -0.15) is 0 Å². The molecule has 0 aromatic heterocycles. The number of hydrogen-bond donors (Lipinski definition) is 5. The van der Waals surface area contributed by atoms with Crippen molar-refractivity contribution in [1.29, 1.82) is 10.8 Å². The molecule has 0 aliphatic heterocycles. The van der Waals surface area contributed by atoms with Crippen LogP contribution < -0.4 is 11.5 Å². The molecule has 0 radical (unpaired) electrons. The van der Waals surface area contributed by atoms with E-state index in [2.05, 4.69) is 0 Å². The molecule has 0 aliphatic carbocycles. The van der Waals surface area contributed by atoms with Crippen LogP contribution in [0.2, 0.25) is 0 Å². The van der Waals surface area contributed by atoms with Gasteiger partial charge in [0.05, 0.1) is 18.4 Å². The van der Waals surface area contributed by atoms with Gasteiger partial charge in [-0.1, -0.05) is 0 Å². The zero-order valence-corrected chi connectivity index (χ0v) is 6.46. The van der Waals surface area contributed by atoms with Gasteiger partial charge in [-0.15, -0.1) is 0 Å². The highest BCUT2D eigenvalue weighted by Gasteiger charge is 2.16. The van der Waals surface area contributed by atoms with Gasteiger partial charge in [0.25, 0.3) is 0 Å². The first kappa shape index (κ1) is 10.2. The van der Waals surface area contributed by atoms with Crippen molar-refractivity contribution in [2.24, 2.45) is 11.5 Å². The maximum absolute atomic E-state index is 8.49. The van der Waals surface area contributed by atoms with E-state index in [1.165, 1.54) is 0 Å². The second kappa shape index (κ2) is 4.17. The van der Waals surface area contributed by atoms with Gasteiger partial charge in [0.15, 0.2) is 0 Å². The molecule has 64 valence electrons. The third-order valence-electron chi connectivity index (χ3n) is 1.37.